The average molecular weight is 377 g/mol. The summed E-state index contributed by atoms with van der Waals surface area (Å²) < 4.78 is 0. The monoisotopic (exact) mass is 377 g/mol. The first-order chi connectivity index (χ1) is 13.1. The second-order valence-electron chi connectivity index (χ2n) is 6.59. The SMILES string of the molecule is CN(Cc1csc(-c2ccccc2)n1)C(=O)C1Cc2ccccc2C(=O)N1. The second-order valence-corrected chi connectivity index (χ2v) is 7.45. The lowest BCUT2D eigenvalue weighted by Crippen LogP contribution is -2.51. The molecule has 27 heavy (non-hydrogen) atoms. The lowest BCUT2D eigenvalue weighted by atomic mass is 9.94. The number of fused-ring (bicyclic) bond motifs is 1. The number of benzene rings is 2. The first-order valence-electron chi connectivity index (χ1n) is 8.75. The molecule has 6 heteroatoms. The highest BCUT2D eigenvalue weighted by Crippen LogP contribution is 2.24. The topological polar surface area (TPSA) is 62.3 Å². The minimum absolute atomic E-state index is 0.105. The molecule has 0 radical (unpaired) electrons. The highest BCUT2D eigenvalue weighted by molar-refractivity contribution is 7.13. The molecule has 4 rings (SSSR count). The van der Waals surface area contributed by atoms with Crippen LogP contribution in [-0.2, 0) is 17.8 Å². The van der Waals surface area contributed by atoms with E-state index in [9.17, 15) is 9.59 Å². The zero-order valence-electron chi connectivity index (χ0n) is 14.9. The predicted octanol–water partition coefficient (Wildman–Crippen LogP) is 3.12. The van der Waals surface area contributed by atoms with Crippen LogP contribution in [0.2, 0.25) is 0 Å². The summed E-state index contributed by atoms with van der Waals surface area (Å²) in [4.78, 5) is 31.3. The summed E-state index contributed by atoms with van der Waals surface area (Å²) in [6.45, 7) is 0.413. The molecule has 3 aromatic rings. The fourth-order valence-corrected chi connectivity index (χ4v) is 4.07. The fraction of sp³-hybridized carbons (Fsp3) is 0.190. The van der Waals surface area contributed by atoms with Crippen LogP contribution in [-0.4, -0.2) is 34.8 Å². The average Bonchev–Trinajstić information content (AvgIpc) is 3.16. The third kappa shape index (κ3) is 3.61. The lowest BCUT2D eigenvalue weighted by Gasteiger charge is -2.28. The number of rotatable bonds is 4. The maximum atomic E-state index is 12.8. The molecule has 0 saturated heterocycles. The third-order valence-corrected chi connectivity index (χ3v) is 5.58. The summed E-state index contributed by atoms with van der Waals surface area (Å²) in [5, 5.41) is 5.73. The molecule has 1 aromatic heterocycles. The van der Waals surface area contributed by atoms with E-state index >= 15 is 0 Å². The molecule has 2 aromatic carbocycles. The van der Waals surface area contributed by atoms with E-state index in [0.29, 0.717) is 18.5 Å². The van der Waals surface area contributed by atoms with Crippen molar-refractivity contribution in [2.24, 2.45) is 0 Å². The first kappa shape index (κ1) is 17.4. The van der Waals surface area contributed by atoms with Crippen molar-refractivity contribution in [1.29, 1.82) is 0 Å². The van der Waals surface area contributed by atoms with Crippen molar-refractivity contribution in [3.63, 3.8) is 0 Å². The Labute approximate surface area is 161 Å². The Kier molecular flexibility index (Phi) is 4.73. The van der Waals surface area contributed by atoms with E-state index in [4.69, 9.17) is 0 Å². The van der Waals surface area contributed by atoms with Crippen LogP contribution in [0.3, 0.4) is 0 Å². The van der Waals surface area contributed by atoms with Crippen molar-refractivity contribution in [3.05, 3.63) is 76.8 Å². The molecule has 0 aliphatic carbocycles. The van der Waals surface area contributed by atoms with Crippen LogP contribution in [0.4, 0.5) is 0 Å². The van der Waals surface area contributed by atoms with Crippen LogP contribution in [0.15, 0.2) is 60.0 Å². The Balaban J connectivity index is 1.45. The van der Waals surface area contributed by atoms with Crippen LogP contribution in [0.25, 0.3) is 10.6 Å². The number of likely N-dealkylation sites (N-methyl/N-ethyl adjacent to an activating group) is 1. The van der Waals surface area contributed by atoms with E-state index in [2.05, 4.69) is 10.3 Å². The zero-order valence-corrected chi connectivity index (χ0v) is 15.7. The predicted molar refractivity (Wildman–Crippen MR) is 105 cm³/mol. The van der Waals surface area contributed by atoms with Crippen LogP contribution in [0.1, 0.15) is 21.6 Å². The van der Waals surface area contributed by atoms with Gasteiger partial charge in [0.1, 0.15) is 11.0 Å². The first-order valence-corrected chi connectivity index (χ1v) is 9.63. The van der Waals surface area contributed by atoms with Gasteiger partial charge in [-0.15, -0.1) is 11.3 Å². The number of carbonyl (C=O) groups is 2. The van der Waals surface area contributed by atoms with E-state index < -0.39 is 6.04 Å². The van der Waals surface area contributed by atoms with Crippen molar-refractivity contribution in [3.8, 4) is 10.6 Å². The van der Waals surface area contributed by atoms with Gasteiger partial charge in [0.25, 0.3) is 5.91 Å². The van der Waals surface area contributed by atoms with Crippen molar-refractivity contribution >= 4 is 23.2 Å². The third-order valence-electron chi connectivity index (χ3n) is 4.64. The fourth-order valence-electron chi connectivity index (χ4n) is 3.26. The molecule has 0 fully saturated rings. The summed E-state index contributed by atoms with van der Waals surface area (Å²) in [5.41, 5.74) is 3.47. The van der Waals surface area contributed by atoms with Crippen molar-refractivity contribution in [1.82, 2.24) is 15.2 Å². The Morgan fingerprint density at radius 1 is 1.19 bits per heavy atom. The molecule has 2 heterocycles. The molecule has 2 amide bonds. The molecular formula is C21H19N3O2S. The molecule has 1 unspecified atom stereocenters. The zero-order chi connectivity index (χ0) is 18.8. The molecular weight excluding hydrogens is 358 g/mol. The molecule has 0 saturated carbocycles. The molecule has 1 atom stereocenters. The Hall–Kier alpha value is -2.99. The number of amides is 2. The second kappa shape index (κ2) is 7.32. The molecule has 0 spiro atoms. The van der Waals surface area contributed by atoms with E-state index in [1.54, 1.807) is 29.4 Å². The van der Waals surface area contributed by atoms with Crippen LogP contribution < -0.4 is 5.32 Å². The van der Waals surface area contributed by atoms with Gasteiger partial charge in [-0.1, -0.05) is 48.5 Å². The van der Waals surface area contributed by atoms with E-state index in [-0.39, 0.29) is 11.8 Å². The number of nitrogens with one attached hydrogen (secondary N) is 1. The summed E-state index contributed by atoms with van der Waals surface area (Å²) in [6, 6.07) is 16.9. The van der Waals surface area contributed by atoms with Gasteiger partial charge in [0, 0.05) is 30.0 Å². The Morgan fingerprint density at radius 2 is 1.93 bits per heavy atom. The maximum absolute atomic E-state index is 12.8. The standard InChI is InChI=1S/C21H19N3O2S/c1-24(12-16-13-27-20(22-16)14-7-3-2-4-8-14)21(26)18-11-15-9-5-6-10-17(15)19(25)23-18/h2-10,13,18H,11-12H2,1H3,(H,23,25). The number of hydrogen-bond donors (Lipinski definition) is 1. The minimum atomic E-state index is -0.537. The van der Waals surface area contributed by atoms with Crippen LogP contribution in [0.5, 0.6) is 0 Å². The minimum Gasteiger partial charge on any atom is -0.340 e. The van der Waals surface area contributed by atoms with Gasteiger partial charge in [0.2, 0.25) is 5.91 Å². The van der Waals surface area contributed by atoms with Gasteiger partial charge in [-0.05, 0) is 11.6 Å². The molecule has 1 aliphatic heterocycles. The van der Waals surface area contributed by atoms with E-state index in [1.807, 2.05) is 53.9 Å². The van der Waals surface area contributed by atoms with Crippen LogP contribution in [0, 0.1) is 0 Å². The molecule has 0 bridgehead atoms. The Morgan fingerprint density at radius 3 is 2.74 bits per heavy atom. The Bertz CT molecular complexity index is 984. The van der Waals surface area contributed by atoms with Gasteiger partial charge in [-0.2, -0.15) is 0 Å². The van der Waals surface area contributed by atoms with Gasteiger partial charge in [-0.3, -0.25) is 9.59 Å². The maximum Gasteiger partial charge on any atom is 0.252 e. The van der Waals surface area contributed by atoms with Crippen LogP contribution >= 0.6 is 11.3 Å². The highest BCUT2D eigenvalue weighted by Gasteiger charge is 2.30. The number of nitrogens with zero attached hydrogens (tertiary/aromatic N) is 2. The number of thiazole rings is 1. The summed E-state index contributed by atoms with van der Waals surface area (Å²) in [6.07, 6.45) is 0.511. The van der Waals surface area contributed by atoms with Gasteiger partial charge >= 0.3 is 0 Å². The van der Waals surface area contributed by atoms with Gasteiger partial charge in [0.05, 0.1) is 12.2 Å². The summed E-state index contributed by atoms with van der Waals surface area (Å²) in [5.74, 6) is -0.296. The van der Waals surface area contributed by atoms with Crippen molar-refractivity contribution in [2.75, 3.05) is 7.05 Å². The van der Waals surface area contributed by atoms with E-state index in [0.717, 1.165) is 21.8 Å². The number of carbonyl (C=O) groups excluding carboxylic acids is 2. The molecule has 136 valence electrons. The van der Waals surface area contributed by atoms with Gasteiger partial charge in [-0.25, -0.2) is 4.98 Å². The van der Waals surface area contributed by atoms with Crippen molar-refractivity contribution in [2.45, 2.75) is 19.0 Å². The highest BCUT2D eigenvalue weighted by atomic mass is 32.1. The number of aromatic nitrogens is 1. The largest absolute Gasteiger partial charge is 0.340 e. The molecule has 5 nitrogen and oxygen atoms in total. The normalized spacial score (nSPS) is 15.7. The lowest BCUT2D eigenvalue weighted by molar-refractivity contribution is -0.132. The quantitative estimate of drug-likeness (QED) is 0.760. The smallest absolute Gasteiger partial charge is 0.252 e. The van der Waals surface area contributed by atoms with Gasteiger partial charge in [0.15, 0.2) is 0 Å². The summed E-state index contributed by atoms with van der Waals surface area (Å²) in [7, 11) is 1.75. The number of hydrogen-bond acceptors (Lipinski definition) is 4. The molecule has 1 aliphatic rings. The molecule has 1 N–H and O–H groups in total. The summed E-state index contributed by atoms with van der Waals surface area (Å²) >= 11 is 1.56. The van der Waals surface area contributed by atoms with Crippen molar-refractivity contribution < 1.29 is 9.59 Å². The van der Waals surface area contributed by atoms with Gasteiger partial charge < -0.3 is 10.2 Å². The van der Waals surface area contributed by atoms with E-state index in [1.165, 1.54) is 0 Å².